The Balaban J connectivity index is 2.03. The minimum atomic E-state index is -0.572. The highest BCUT2D eigenvalue weighted by Crippen LogP contribution is 2.41. The number of hydrogen-bond acceptors (Lipinski definition) is 2. The van der Waals surface area contributed by atoms with Gasteiger partial charge in [-0.25, -0.2) is 0 Å². The quantitative estimate of drug-likeness (QED) is 0.827. The lowest BCUT2D eigenvalue weighted by Gasteiger charge is -2.47. The number of carboxylic acids is 1. The first-order chi connectivity index (χ1) is 10.0. The molecule has 122 valence electrons. The third kappa shape index (κ3) is 3.61. The molecule has 2 fully saturated rings. The van der Waals surface area contributed by atoms with Gasteiger partial charge in [-0.15, -0.1) is 0 Å². The fourth-order valence-corrected chi connectivity index (χ4v) is 4.58. The molecule has 2 aliphatic rings. The molecule has 1 N–H and O–H groups in total. The molecule has 1 heterocycles. The van der Waals surface area contributed by atoms with Gasteiger partial charge in [-0.3, -0.25) is 9.69 Å². The summed E-state index contributed by atoms with van der Waals surface area (Å²) in [6.07, 6.45) is 9.31. The van der Waals surface area contributed by atoms with E-state index >= 15 is 0 Å². The molecule has 1 aliphatic heterocycles. The lowest BCUT2D eigenvalue weighted by atomic mass is 9.71. The van der Waals surface area contributed by atoms with Crippen LogP contribution < -0.4 is 0 Å². The highest BCUT2D eigenvalue weighted by Gasteiger charge is 2.41. The highest BCUT2D eigenvalue weighted by atomic mass is 16.4. The lowest BCUT2D eigenvalue weighted by molar-refractivity contribution is -0.147. The van der Waals surface area contributed by atoms with E-state index in [1.807, 2.05) is 0 Å². The van der Waals surface area contributed by atoms with Crippen LogP contribution in [0.4, 0.5) is 0 Å². The molecule has 3 unspecified atom stereocenters. The monoisotopic (exact) mass is 295 g/mol. The zero-order chi connectivity index (χ0) is 15.5. The van der Waals surface area contributed by atoms with Crippen LogP contribution in [-0.2, 0) is 4.79 Å². The predicted octanol–water partition coefficient (Wildman–Crippen LogP) is 4.17. The van der Waals surface area contributed by atoms with E-state index in [0.717, 1.165) is 38.3 Å². The molecule has 3 atom stereocenters. The second-order valence-electron chi connectivity index (χ2n) is 7.34. The van der Waals surface area contributed by atoms with Gasteiger partial charge >= 0.3 is 5.97 Å². The van der Waals surface area contributed by atoms with Gasteiger partial charge in [0, 0.05) is 6.04 Å². The molecular formula is C18H33NO2. The summed E-state index contributed by atoms with van der Waals surface area (Å²) in [5, 5.41) is 9.57. The van der Waals surface area contributed by atoms with E-state index in [1.165, 1.54) is 32.1 Å². The summed E-state index contributed by atoms with van der Waals surface area (Å²) in [5.74, 6) is 0.0237. The van der Waals surface area contributed by atoms with Crippen molar-refractivity contribution in [1.29, 1.82) is 0 Å². The second-order valence-corrected chi connectivity index (χ2v) is 7.34. The van der Waals surface area contributed by atoms with E-state index in [2.05, 4.69) is 25.7 Å². The van der Waals surface area contributed by atoms with Crippen molar-refractivity contribution in [3.63, 3.8) is 0 Å². The van der Waals surface area contributed by atoms with Gasteiger partial charge in [0.1, 0.15) is 0 Å². The molecule has 1 aliphatic carbocycles. The molecule has 1 saturated heterocycles. The molecule has 0 aromatic rings. The Bertz CT molecular complexity index is 341. The highest BCUT2D eigenvalue weighted by molar-refractivity contribution is 5.71. The van der Waals surface area contributed by atoms with Crippen molar-refractivity contribution in [3.8, 4) is 0 Å². The van der Waals surface area contributed by atoms with Crippen LogP contribution >= 0.6 is 0 Å². The van der Waals surface area contributed by atoms with Crippen LogP contribution in [0.2, 0.25) is 0 Å². The average Bonchev–Trinajstić information content (AvgIpc) is 2.54. The topological polar surface area (TPSA) is 40.5 Å². The standard InChI is InChI=1S/C18H33NO2/c1-4-14-7-8-15(17(20)21)16(13-14)19-11-9-18(5-2,6-3)10-12-19/h14-16H,4-13H2,1-3H3,(H,20,21). The molecule has 1 saturated carbocycles. The van der Waals surface area contributed by atoms with E-state index in [9.17, 15) is 9.90 Å². The fourth-order valence-electron chi connectivity index (χ4n) is 4.58. The maximum atomic E-state index is 11.6. The van der Waals surface area contributed by atoms with Crippen LogP contribution in [0, 0.1) is 17.3 Å². The third-order valence-electron chi connectivity index (χ3n) is 6.65. The maximum Gasteiger partial charge on any atom is 0.308 e. The van der Waals surface area contributed by atoms with Gasteiger partial charge in [0.05, 0.1) is 5.92 Å². The van der Waals surface area contributed by atoms with E-state index in [4.69, 9.17) is 0 Å². The van der Waals surface area contributed by atoms with E-state index in [-0.39, 0.29) is 12.0 Å². The largest absolute Gasteiger partial charge is 0.481 e. The number of hydrogen-bond donors (Lipinski definition) is 1. The number of likely N-dealkylation sites (tertiary alicyclic amines) is 1. The Morgan fingerprint density at radius 3 is 2.24 bits per heavy atom. The summed E-state index contributed by atoms with van der Waals surface area (Å²) in [4.78, 5) is 14.1. The van der Waals surface area contributed by atoms with Crippen molar-refractivity contribution >= 4 is 5.97 Å². The van der Waals surface area contributed by atoms with Crippen molar-refractivity contribution in [2.75, 3.05) is 13.1 Å². The van der Waals surface area contributed by atoms with Crippen LogP contribution in [0.15, 0.2) is 0 Å². The van der Waals surface area contributed by atoms with Crippen molar-refractivity contribution in [2.45, 2.75) is 78.2 Å². The minimum Gasteiger partial charge on any atom is -0.481 e. The molecule has 0 bridgehead atoms. The van der Waals surface area contributed by atoms with Gasteiger partial charge in [-0.2, -0.15) is 0 Å². The van der Waals surface area contributed by atoms with Crippen LogP contribution in [0.3, 0.4) is 0 Å². The van der Waals surface area contributed by atoms with Gasteiger partial charge in [0.15, 0.2) is 0 Å². The van der Waals surface area contributed by atoms with Crippen molar-refractivity contribution in [1.82, 2.24) is 4.90 Å². The van der Waals surface area contributed by atoms with Crippen LogP contribution in [0.25, 0.3) is 0 Å². The number of aliphatic carboxylic acids is 1. The Labute approximate surface area is 130 Å². The molecule has 2 rings (SSSR count). The average molecular weight is 295 g/mol. The maximum absolute atomic E-state index is 11.6. The van der Waals surface area contributed by atoms with E-state index in [0.29, 0.717) is 5.41 Å². The van der Waals surface area contributed by atoms with Gasteiger partial charge in [0.25, 0.3) is 0 Å². The van der Waals surface area contributed by atoms with Crippen LogP contribution in [0.1, 0.15) is 72.1 Å². The minimum absolute atomic E-state index is 0.136. The third-order valence-corrected chi connectivity index (χ3v) is 6.65. The van der Waals surface area contributed by atoms with Gasteiger partial charge in [0.2, 0.25) is 0 Å². The van der Waals surface area contributed by atoms with Crippen LogP contribution in [-0.4, -0.2) is 35.1 Å². The second kappa shape index (κ2) is 7.13. The van der Waals surface area contributed by atoms with Gasteiger partial charge in [-0.05, 0) is 56.5 Å². The number of piperidine rings is 1. The number of carboxylic acid groups (broad SMARTS) is 1. The molecule has 21 heavy (non-hydrogen) atoms. The molecule has 0 radical (unpaired) electrons. The van der Waals surface area contributed by atoms with Crippen molar-refractivity contribution in [2.24, 2.45) is 17.3 Å². The van der Waals surface area contributed by atoms with E-state index in [1.54, 1.807) is 0 Å². The summed E-state index contributed by atoms with van der Waals surface area (Å²) in [5.41, 5.74) is 0.522. The molecule has 0 aromatic carbocycles. The molecular weight excluding hydrogens is 262 g/mol. The predicted molar refractivity (Wildman–Crippen MR) is 86.4 cm³/mol. The molecule has 0 spiro atoms. The van der Waals surface area contributed by atoms with Crippen molar-refractivity contribution < 1.29 is 9.90 Å². The molecule has 0 aromatic heterocycles. The SMILES string of the molecule is CCC1CCC(C(=O)O)C(N2CCC(CC)(CC)CC2)C1. The lowest BCUT2D eigenvalue weighted by Crippen LogP contribution is -2.51. The summed E-state index contributed by atoms with van der Waals surface area (Å²) >= 11 is 0. The summed E-state index contributed by atoms with van der Waals surface area (Å²) in [6.45, 7) is 9.08. The summed E-state index contributed by atoms with van der Waals surface area (Å²) in [7, 11) is 0. The Kier molecular flexibility index (Phi) is 5.70. The van der Waals surface area contributed by atoms with Crippen LogP contribution in [0.5, 0.6) is 0 Å². The fraction of sp³-hybridized carbons (Fsp3) is 0.944. The first kappa shape index (κ1) is 16.8. The summed E-state index contributed by atoms with van der Waals surface area (Å²) < 4.78 is 0. The van der Waals surface area contributed by atoms with Gasteiger partial charge in [-0.1, -0.05) is 40.0 Å². The zero-order valence-electron chi connectivity index (χ0n) is 14.1. The summed E-state index contributed by atoms with van der Waals surface area (Å²) in [6, 6.07) is 0.285. The van der Waals surface area contributed by atoms with Gasteiger partial charge < -0.3 is 5.11 Å². The number of nitrogens with zero attached hydrogens (tertiary/aromatic N) is 1. The number of rotatable bonds is 5. The number of carbonyl (C=O) groups is 1. The Morgan fingerprint density at radius 1 is 1.14 bits per heavy atom. The normalized spacial score (nSPS) is 33.8. The molecule has 0 amide bonds. The molecule has 3 nitrogen and oxygen atoms in total. The first-order valence-corrected chi connectivity index (χ1v) is 9.02. The Morgan fingerprint density at radius 2 is 1.76 bits per heavy atom. The first-order valence-electron chi connectivity index (χ1n) is 9.02. The Hall–Kier alpha value is -0.570. The smallest absolute Gasteiger partial charge is 0.308 e. The van der Waals surface area contributed by atoms with E-state index < -0.39 is 5.97 Å². The molecule has 3 heteroatoms. The van der Waals surface area contributed by atoms with Crippen molar-refractivity contribution in [3.05, 3.63) is 0 Å². The zero-order valence-corrected chi connectivity index (χ0v) is 14.1.